The van der Waals surface area contributed by atoms with Gasteiger partial charge in [0.2, 0.25) is 0 Å². The van der Waals surface area contributed by atoms with Gasteiger partial charge in [0, 0.05) is 5.56 Å². The van der Waals surface area contributed by atoms with E-state index in [4.69, 9.17) is 11.6 Å². The summed E-state index contributed by atoms with van der Waals surface area (Å²) in [7, 11) is 0. The van der Waals surface area contributed by atoms with Crippen LogP contribution in [0.5, 0.6) is 5.75 Å². The standard InChI is InChI=1S/C18H13ClF3N3O2/c19-14-3-1-2-12(17(14)26)10-4-5-13-15(6-10)24(9-18(20,21)22)8-11-7-23-25(27)16(11)13/h1-7,23,26H,8-9H2. The van der Waals surface area contributed by atoms with Gasteiger partial charge in [-0.3, -0.25) is 0 Å². The van der Waals surface area contributed by atoms with Gasteiger partial charge in [-0.2, -0.15) is 18.3 Å². The van der Waals surface area contributed by atoms with Crippen molar-refractivity contribution in [3.63, 3.8) is 0 Å². The van der Waals surface area contributed by atoms with E-state index < -0.39 is 12.7 Å². The van der Waals surface area contributed by atoms with Gasteiger partial charge in [-0.1, -0.05) is 34.6 Å². The van der Waals surface area contributed by atoms with Crippen LogP contribution in [0.3, 0.4) is 0 Å². The van der Waals surface area contributed by atoms with E-state index in [0.717, 1.165) is 4.90 Å². The first-order valence-electron chi connectivity index (χ1n) is 7.98. The summed E-state index contributed by atoms with van der Waals surface area (Å²) in [5.41, 5.74) is 2.33. The molecule has 0 unspecified atom stereocenters. The Labute approximate surface area is 156 Å². The smallest absolute Gasteiger partial charge is 0.405 e. The van der Waals surface area contributed by atoms with E-state index in [2.05, 4.69) is 5.10 Å². The summed E-state index contributed by atoms with van der Waals surface area (Å²) in [6.45, 7) is -1.22. The van der Waals surface area contributed by atoms with E-state index in [1.807, 2.05) is 0 Å². The van der Waals surface area contributed by atoms with E-state index in [1.54, 1.807) is 24.3 Å². The maximum atomic E-state index is 13.1. The number of alkyl halides is 3. The third-order valence-electron chi connectivity index (χ3n) is 4.49. The first kappa shape index (κ1) is 17.5. The van der Waals surface area contributed by atoms with Crippen LogP contribution < -0.4 is 9.75 Å². The van der Waals surface area contributed by atoms with Crippen LogP contribution in [0.2, 0.25) is 5.02 Å². The van der Waals surface area contributed by atoms with E-state index in [-0.39, 0.29) is 23.0 Å². The quantitative estimate of drug-likeness (QED) is 0.504. The molecule has 2 aromatic carbocycles. The largest absolute Gasteiger partial charge is 0.596 e. The first-order valence-corrected chi connectivity index (χ1v) is 8.36. The third-order valence-corrected chi connectivity index (χ3v) is 4.79. The molecule has 0 saturated carbocycles. The van der Waals surface area contributed by atoms with Crippen molar-refractivity contribution >= 4 is 17.3 Å². The molecule has 0 atom stereocenters. The highest BCUT2D eigenvalue weighted by molar-refractivity contribution is 6.32. The molecule has 9 heteroatoms. The number of aromatic amines is 1. The molecule has 3 aromatic rings. The van der Waals surface area contributed by atoms with Gasteiger partial charge in [-0.15, -0.1) is 0 Å². The predicted molar refractivity (Wildman–Crippen MR) is 94.4 cm³/mol. The highest BCUT2D eigenvalue weighted by atomic mass is 35.5. The lowest BCUT2D eigenvalue weighted by molar-refractivity contribution is -0.654. The van der Waals surface area contributed by atoms with Crippen LogP contribution in [-0.4, -0.2) is 22.9 Å². The van der Waals surface area contributed by atoms with Gasteiger partial charge in [-0.25, -0.2) is 0 Å². The average molecular weight is 396 g/mol. The summed E-state index contributed by atoms with van der Waals surface area (Å²) in [4.78, 5) is 1.70. The van der Waals surface area contributed by atoms with Gasteiger partial charge in [0.1, 0.15) is 12.3 Å². The fourth-order valence-corrected chi connectivity index (χ4v) is 3.53. The molecule has 0 saturated heterocycles. The molecule has 1 aromatic heterocycles. The normalized spacial score (nSPS) is 13.4. The van der Waals surface area contributed by atoms with Crippen molar-refractivity contribution in [3.8, 4) is 28.1 Å². The molecule has 2 N–H and O–H groups in total. The minimum Gasteiger partial charge on any atom is -0.596 e. The van der Waals surface area contributed by atoms with E-state index in [1.165, 1.54) is 18.3 Å². The van der Waals surface area contributed by atoms with Crippen molar-refractivity contribution < 1.29 is 23.1 Å². The number of anilines is 1. The van der Waals surface area contributed by atoms with Gasteiger partial charge in [0.15, 0.2) is 0 Å². The second kappa shape index (κ2) is 6.09. The van der Waals surface area contributed by atoms with Crippen molar-refractivity contribution in [1.29, 1.82) is 0 Å². The Bertz CT molecular complexity index is 1030. The number of aromatic nitrogens is 2. The summed E-state index contributed by atoms with van der Waals surface area (Å²) in [5.74, 6) is -0.154. The number of aromatic hydroxyl groups is 1. The Morgan fingerprint density at radius 2 is 2.00 bits per heavy atom. The topological polar surface area (TPSA) is 66.2 Å². The zero-order chi connectivity index (χ0) is 19.3. The molecule has 27 heavy (non-hydrogen) atoms. The number of nitrogens with zero attached hydrogens (tertiary/aromatic N) is 2. The Morgan fingerprint density at radius 1 is 1.22 bits per heavy atom. The molecule has 1 aliphatic heterocycles. The number of nitrogens with one attached hydrogen (secondary N) is 1. The molecule has 5 nitrogen and oxygen atoms in total. The summed E-state index contributed by atoms with van der Waals surface area (Å²) < 4.78 is 39.2. The van der Waals surface area contributed by atoms with E-state index in [9.17, 15) is 23.5 Å². The fraction of sp³-hybridized carbons (Fsp3) is 0.167. The number of para-hydroxylation sites is 1. The van der Waals surface area contributed by atoms with Crippen LogP contribution in [0.15, 0.2) is 42.6 Å². The fourth-order valence-electron chi connectivity index (χ4n) is 3.36. The number of H-pyrrole nitrogens is 1. The lowest BCUT2D eigenvalue weighted by atomic mass is 9.95. The van der Waals surface area contributed by atoms with Crippen LogP contribution in [0.25, 0.3) is 22.4 Å². The summed E-state index contributed by atoms with van der Waals surface area (Å²) in [6, 6.07) is 9.52. The van der Waals surface area contributed by atoms with Gasteiger partial charge >= 0.3 is 6.18 Å². The van der Waals surface area contributed by atoms with Gasteiger partial charge in [-0.05, 0) is 23.8 Å². The van der Waals surface area contributed by atoms with Crippen molar-refractivity contribution in [1.82, 2.24) is 5.10 Å². The zero-order valence-corrected chi connectivity index (χ0v) is 14.5. The van der Waals surface area contributed by atoms with Crippen LogP contribution >= 0.6 is 11.6 Å². The maximum Gasteiger partial charge on any atom is 0.405 e. The predicted octanol–water partition coefficient (Wildman–Crippen LogP) is 4.22. The molecular weight excluding hydrogens is 383 g/mol. The highest BCUT2D eigenvalue weighted by Crippen LogP contribution is 2.43. The first-order chi connectivity index (χ1) is 12.7. The van der Waals surface area contributed by atoms with Gasteiger partial charge in [0.05, 0.1) is 34.6 Å². The van der Waals surface area contributed by atoms with Crippen molar-refractivity contribution in [2.45, 2.75) is 12.7 Å². The number of rotatable bonds is 2. The monoisotopic (exact) mass is 395 g/mol. The van der Waals surface area contributed by atoms with E-state index >= 15 is 0 Å². The summed E-state index contributed by atoms with van der Waals surface area (Å²) >= 11 is 5.94. The molecule has 0 spiro atoms. The van der Waals surface area contributed by atoms with Crippen LogP contribution in [0, 0.1) is 5.21 Å². The van der Waals surface area contributed by atoms with Gasteiger partial charge in [0.25, 0.3) is 5.69 Å². The lowest BCUT2D eigenvalue weighted by Gasteiger charge is -2.30. The number of benzene rings is 2. The molecule has 0 fully saturated rings. The van der Waals surface area contributed by atoms with Gasteiger partial charge < -0.3 is 15.2 Å². The average Bonchev–Trinajstić information content (AvgIpc) is 2.97. The summed E-state index contributed by atoms with van der Waals surface area (Å²) in [5, 5.41) is 24.8. The lowest BCUT2D eigenvalue weighted by Crippen LogP contribution is -2.38. The van der Waals surface area contributed by atoms with Crippen LogP contribution in [0.4, 0.5) is 18.9 Å². The SMILES string of the molecule is [O-][n+]1[nH]cc2c1-c1ccc(-c3cccc(Cl)c3O)cc1N(CC(F)(F)F)C2. The molecule has 0 aliphatic carbocycles. The molecule has 1 aliphatic rings. The minimum absolute atomic E-state index is 0.0570. The van der Waals surface area contributed by atoms with E-state index in [0.29, 0.717) is 32.8 Å². The Hall–Kier alpha value is -2.87. The molecule has 2 heterocycles. The molecule has 0 bridgehead atoms. The second-order valence-corrected chi connectivity index (χ2v) is 6.69. The maximum absolute atomic E-state index is 13.1. The zero-order valence-electron chi connectivity index (χ0n) is 13.7. The number of hydrogen-bond donors (Lipinski definition) is 2. The number of halogens is 4. The molecule has 4 rings (SSSR count). The highest BCUT2D eigenvalue weighted by Gasteiger charge is 2.37. The Morgan fingerprint density at radius 3 is 2.74 bits per heavy atom. The molecule has 140 valence electrons. The number of fused-ring (bicyclic) bond motifs is 3. The van der Waals surface area contributed by atoms with Crippen molar-refractivity contribution in [2.75, 3.05) is 11.4 Å². The Balaban J connectivity index is 1.89. The summed E-state index contributed by atoms with van der Waals surface area (Å²) in [6.07, 6.45) is -3.00. The molecule has 0 radical (unpaired) electrons. The number of hydrogen-bond acceptors (Lipinski definition) is 3. The minimum atomic E-state index is -4.41. The number of phenolic OH excluding ortho intramolecular Hbond substituents is 1. The molecule has 0 amide bonds. The second-order valence-electron chi connectivity index (χ2n) is 6.28. The Kier molecular flexibility index (Phi) is 3.96. The van der Waals surface area contributed by atoms with Crippen molar-refractivity contribution in [3.05, 3.63) is 58.4 Å². The van der Waals surface area contributed by atoms with Crippen molar-refractivity contribution in [2.24, 2.45) is 0 Å². The third kappa shape index (κ3) is 3.06. The van der Waals surface area contributed by atoms with Crippen LogP contribution in [-0.2, 0) is 6.54 Å². The molecular formula is C18H13ClF3N3O2. The van der Waals surface area contributed by atoms with Crippen LogP contribution in [0.1, 0.15) is 5.56 Å². The number of phenols is 1.